The van der Waals surface area contributed by atoms with E-state index in [9.17, 15) is 14.4 Å². The number of nitrogens with zero attached hydrogens (tertiary/aromatic N) is 2. The largest absolute Gasteiger partial charge is 0.497 e. The second-order valence-corrected chi connectivity index (χ2v) is 8.08. The van der Waals surface area contributed by atoms with Gasteiger partial charge in [0.15, 0.2) is 0 Å². The molecule has 9 heteroatoms. The lowest BCUT2D eigenvalue weighted by molar-refractivity contribution is -0.156. The van der Waals surface area contributed by atoms with Crippen LogP contribution >= 0.6 is 0 Å². The molecule has 0 fully saturated rings. The molecule has 176 valence electrons. The van der Waals surface area contributed by atoms with E-state index in [-0.39, 0.29) is 18.8 Å². The van der Waals surface area contributed by atoms with Gasteiger partial charge in [-0.25, -0.2) is 4.79 Å². The Morgan fingerprint density at radius 2 is 1.72 bits per heavy atom. The zero-order valence-electron chi connectivity index (χ0n) is 19.4. The number of hydrogen-bond acceptors (Lipinski definition) is 8. The maximum absolute atomic E-state index is 12.6. The molecule has 0 bridgehead atoms. The number of rotatable bonds is 11. The molecular formula is C23H32N2O7. The highest BCUT2D eigenvalue weighted by Gasteiger charge is 2.17. The lowest BCUT2D eigenvalue weighted by atomic mass is 10.1. The maximum atomic E-state index is 12.6. The number of carbonyl (C=O) groups is 3. The first-order valence-electron chi connectivity index (χ1n) is 10.5. The highest BCUT2D eigenvalue weighted by molar-refractivity contribution is 5.92. The van der Waals surface area contributed by atoms with E-state index in [1.165, 1.54) is 4.57 Å². The van der Waals surface area contributed by atoms with E-state index < -0.39 is 24.8 Å². The van der Waals surface area contributed by atoms with Crippen LogP contribution in [-0.4, -0.2) is 68.6 Å². The second-order valence-electron chi connectivity index (χ2n) is 8.08. The summed E-state index contributed by atoms with van der Waals surface area (Å²) < 4.78 is 21.7. The molecule has 1 heterocycles. The molecule has 32 heavy (non-hydrogen) atoms. The summed E-state index contributed by atoms with van der Waals surface area (Å²) in [6.45, 7) is 4.42. The summed E-state index contributed by atoms with van der Waals surface area (Å²) in [7, 11) is 5.54. The Morgan fingerprint density at radius 1 is 1.03 bits per heavy atom. The molecule has 0 amide bonds. The number of esters is 2. The number of fused-ring (bicyclic) bond motifs is 1. The summed E-state index contributed by atoms with van der Waals surface area (Å²) in [5.74, 6) is -0.199. The second kappa shape index (κ2) is 12.1. The van der Waals surface area contributed by atoms with E-state index in [1.807, 2.05) is 34.0 Å². The fourth-order valence-electron chi connectivity index (χ4n) is 2.92. The predicted octanol–water partition coefficient (Wildman–Crippen LogP) is 3.22. The molecule has 0 radical (unpaired) electrons. The minimum Gasteiger partial charge on any atom is -0.497 e. The predicted molar refractivity (Wildman–Crippen MR) is 119 cm³/mol. The fraction of sp³-hybridized carbons (Fsp3) is 0.522. The molecule has 0 saturated carbocycles. The molecule has 0 spiro atoms. The van der Waals surface area contributed by atoms with Crippen LogP contribution < -0.4 is 4.74 Å². The molecule has 0 saturated heterocycles. The number of methoxy groups -OCH3 is 1. The van der Waals surface area contributed by atoms with Crippen LogP contribution in [0.25, 0.3) is 10.9 Å². The minimum absolute atomic E-state index is 0.0845. The van der Waals surface area contributed by atoms with E-state index >= 15 is 0 Å². The highest BCUT2D eigenvalue weighted by atomic mass is 16.7. The van der Waals surface area contributed by atoms with Crippen LogP contribution in [0.15, 0.2) is 24.4 Å². The molecule has 1 aromatic carbocycles. The van der Waals surface area contributed by atoms with E-state index in [0.717, 1.165) is 23.9 Å². The summed E-state index contributed by atoms with van der Waals surface area (Å²) in [6, 6.07) is 5.42. The van der Waals surface area contributed by atoms with Crippen LogP contribution in [-0.2, 0) is 30.2 Å². The van der Waals surface area contributed by atoms with Gasteiger partial charge in [-0.05, 0) is 50.2 Å². The highest BCUT2D eigenvalue weighted by Crippen LogP contribution is 2.27. The van der Waals surface area contributed by atoms with Crippen LogP contribution in [0, 0.1) is 5.92 Å². The van der Waals surface area contributed by atoms with Gasteiger partial charge < -0.3 is 23.8 Å². The average Bonchev–Trinajstić information content (AvgIpc) is 3.12. The maximum Gasteiger partial charge on any atom is 0.421 e. The topological polar surface area (TPSA) is 96.3 Å². The van der Waals surface area contributed by atoms with Gasteiger partial charge in [-0.3, -0.25) is 14.2 Å². The van der Waals surface area contributed by atoms with Crippen molar-refractivity contribution in [1.82, 2.24) is 9.47 Å². The molecule has 0 aliphatic carbocycles. The third-order valence-corrected chi connectivity index (χ3v) is 4.63. The summed E-state index contributed by atoms with van der Waals surface area (Å²) >= 11 is 0. The van der Waals surface area contributed by atoms with Crippen molar-refractivity contribution in [3.05, 3.63) is 30.0 Å². The van der Waals surface area contributed by atoms with Gasteiger partial charge in [0.2, 0.25) is 6.79 Å². The van der Waals surface area contributed by atoms with Crippen molar-refractivity contribution in [3.8, 4) is 5.75 Å². The lowest BCUT2D eigenvalue weighted by Gasteiger charge is -2.08. The van der Waals surface area contributed by atoms with Gasteiger partial charge in [0.05, 0.1) is 32.1 Å². The van der Waals surface area contributed by atoms with E-state index in [4.69, 9.17) is 18.9 Å². The monoisotopic (exact) mass is 448 g/mol. The molecule has 0 unspecified atom stereocenters. The lowest BCUT2D eigenvalue weighted by Crippen LogP contribution is -2.18. The molecular weight excluding hydrogens is 416 g/mol. The summed E-state index contributed by atoms with van der Waals surface area (Å²) in [5.41, 5.74) is 1.64. The zero-order valence-corrected chi connectivity index (χ0v) is 19.4. The van der Waals surface area contributed by atoms with Crippen LogP contribution in [0.4, 0.5) is 4.79 Å². The molecule has 0 N–H and O–H groups in total. The first-order chi connectivity index (χ1) is 15.2. The standard InChI is InChI=1S/C23H32N2O7/c1-16(2)14-30-21(26)8-9-22(27)31-15-32-23(28)25-13-17(10-11-24(3)4)19-12-18(29-5)6-7-20(19)25/h6-7,12-13,16H,8-11,14-15H2,1-5H3. The first kappa shape index (κ1) is 25.2. The van der Waals surface area contributed by atoms with Gasteiger partial charge in [0.1, 0.15) is 5.75 Å². The van der Waals surface area contributed by atoms with Crippen LogP contribution in [0.5, 0.6) is 5.75 Å². The zero-order chi connectivity index (χ0) is 23.7. The molecule has 2 aromatic rings. The number of ether oxygens (including phenoxy) is 4. The molecule has 2 rings (SSSR count). The van der Waals surface area contributed by atoms with Crippen LogP contribution in [0.1, 0.15) is 32.3 Å². The van der Waals surface area contributed by atoms with E-state index in [2.05, 4.69) is 4.90 Å². The van der Waals surface area contributed by atoms with Gasteiger partial charge in [-0.2, -0.15) is 0 Å². The molecule has 9 nitrogen and oxygen atoms in total. The van der Waals surface area contributed by atoms with Crippen LogP contribution in [0.3, 0.4) is 0 Å². The SMILES string of the molecule is COc1ccc2c(c1)c(CCN(C)C)cn2C(=O)OCOC(=O)CCC(=O)OCC(C)C. The van der Waals surface area contributed by atoms with Crippen molar-refractivity contribution in [3.63, 3.8) is 0 Å². The van der Waals surface area contributed by atoms with Crippen molar-refractivity contribution >= 4 is 28.9 Å². The number of aromatic nitrogens is 1. The third kappa shape index (κ3) is 7.56. The summed E-state index contributed by atoms with van der Waals surface area (Å²) in [5, 5.41) is 0.889. The van der Waals surface area contributed by atoms with Crippen molar-refractivity contribution in [1.29, 1.82) is 0 Å². The van der Waals surface area contributed by atoms with E-state index in [1.54, 1.807) is 25.4 Å². The Hall–Kier alpha value is -3.07. The van der Waals surface area contributed by atoms with E-state index in [0.29, 0.717) is 17.9 Å². The smallest absolute Gasteiger partial charge is 0.421 e. The van der Waals surface area contributed by atoms with Gasteiger partial charge in [0, 0.05) is 18.1 Å². The minimum atomic E-state index is -0.666. The van der Waals surface area contributed by atoms with Crippen molar-refractivity contribution < 1.29 is 33.3 Å². The Bertz CT molecular complexity index is 934. The average molecular weight is 449 g/mol. The van der Waals surface area contributed by atoms with Crippen LogP contribution in [0.2, 0.25) is 0 Å². The normalized spacial score (nSPS) is 11.1. The number of likely N-dealkylation sites (N-methyl/N-ethyl adjacent to an activating group) is 1. The Kier molecular flexibility index (Phi) is 9.52. The van der Waals surface area contributed by atoms with Gasteiger partial charge in [-0.15, -0.1) is 0 Å². The van der Waals surface area contributed by atoms with Crippen molar-refractivity contribution in [2.24, 2.45) is 5.92 Å². The fourth-order valence-corrected chi connectivity index (χ4v) is 2.92. The van der Waals surface area contributed by atoms with Crippen molar-refractivity contribution in [2.45, 2.75) is 33.1 Å². The number of benzene rings is 1. The van der Waals surface area contributed by atoms with Gasteiger partial charge in [0.25, 0.3) is 0 Å². The molecule has 0 aliphatic rings. The summed E-state index contributed by atoms with van der Waals surface area (Å²) in [4.78, 5) is 38.0. The first-order valence-corrected chi connectivity index (χ1v) is 10.5. The van der Waals surface area contributed by atoms with Gasteiger partial charge >= 0.3 is 18.0 Å². The Balaban J connectivity index is 1.94. The number of carbonyl (C=O) groups excluding carboxylic acids is 3. The molecule has 0 aliphatic heterocycles. The van der Waals surface area contributed by atoms with Gasteiger partial charge in [-0.1, -0.05) is 13.8 Å². The molecule has 0 atom stereocenters. The number of hydrogen-bond donors (Lipinski definition) is 0. The third-order valence-electron chi connectivity index (χ3n) is 4.63. The Morgan fingerprint density at radius 3 is 2.34 bits per heavy atom. The van der Waals surface area contributed by atoms with Crippen molar-refractivity contribution in [2.75, 3.05) is 41.1 Å². The quantitative estimate of drug-likeness (QED) is 0.382. The Labute approximate surface area is 188 Å². The molecule has 1 aromatic heterocycles. The summed E-state index contributed by atoms with van der Waals surface area (Å²) in [6.07, 6.45) is 1.57.